The van der Waals surface area contributed by atoms with Gasteiger partial charge in [0.2, 0.25) is 11.1 Å². The van der Waals surface area contributed by atoms with Crippen molar-refractivity contribution in [1.29, 1.82) is 0 Å². The van der Waals surface area contributed by atoms with Gasteiger partial charge in [0, 0.05) is 5.56 Å². The molecule has 1 unspecified atom stereocenters. The van der Waals surface area contributed by atoms with E-state index in [1.807, 2.05) is 0 Å². The highest BCUT2D eigenvalue weighted by molar-refractivity contribution is 7.85. The van der Waals surface area contributed by atoms with Crippen molar-refractivity contribution in [3.8, 4) is 17.0 Å². The zero-order valence-corrected chi connectivity index (χ0v) is 19.0. The number of carbonyl (C=O) groups is 1. The predicted octanol–water partition coefficient (Wildman–Crippen LogP) is 4.49. The molecule has 2 N–H and O–H groups in total. The summed E-state index contributed by atoms with van der Waals surface area (Å²) in [6, 6.07) is 5.17. The summed E-state index contributed by atoms with van der Waals surface area (Å²) < 4.78 is 105. The van der Waals surface area contributed by atoms with E-state index in [-0.39, 0.29) is 11.3 Å². The molecule has 15 heteroatoms. The predicted molar refractivity (Wildman–Crippen MR) is 111 cm³/mol. The summed E-state index contributed by atoms with van der Waals surface area (Å²) in [6.07, 6.45) is -5.49. The van der Waals surface area contributed by atoms with Crippen LogP contribution in [0.1, 0.15) is 27.9 Å². The molecule has 0 spiro atoms. The van der Waals surface area contributed by atoms with E-state index >= 15 is 0 Å². The summed E-state index contributed by atoms with van der Waals surface area (Å²) >= 11 is 6.01. The molecule has 0 saturated carbocycles. The van der Waals surface area contributed by atoms with E-state index in [4.69, 9.17) is 26.5 Å². The van der Waals surface area contributed by atoms with Gasteiger partial charge in [-0.3, -0.25) is 8.98 Å². The van der Waals surface area contributed by atoms with Crippen molar-refractivity contribution in [2.75, 3.05) is 12.9 Å². The lowest BCUT2D eigenvalue weighted by Gasteiger charge is -2.17. The number of rotatable bonds is 8. The number of halogens is 6. The number of aromatic nitrogens is 1. The van der Waals surface area contributed by atoms with Crippen molar-refractivity contribution in [1.82, 2.24) is 4.98 Å². The Bertz CT molecular complexity index is 1360. The lowest BCUT2D eigenvalue weighted by atomic mass is 10.1. The standard InChI is InChI=1S/C20H14ClF5N2O6S/c1-35(30,31)32-8-13(33-12-7-6-11(22)14(15(12)23)18(27)29)19-28-16(17(21)34-19)9-2-4-10(5-3-9)20(24,25)26/h2-7,13H,8H2,1H3,(H2,27,29). The molecular weight excluding hydrogens is 527 g/mol. The van der Waals surface area contributed by atoms with Crippen LogP contribution in [0.25, 0.3) is 11.3 Å². The van der Waals surface area contributed by atoms with Crippen molar-refractivity contribution in [2.45, 2.75) is 12.3 Å². The van der Waals surface area contributed by atoms with E-state index in [9.17, 15) is 35.2 Å². The molecule has 1 heterocycles. The van der Waals surface area contributed by atoms with Crippen molar-refractivity contribution in [3.63, 3.8) is 0 Å². The molecule has 2 aromatic carbocycles. The highest BCUT2D eigenvalue weighted by Gasteiger charge is 2.31. The van der Waals surface area contributed by atoms with Gasteiger partial charge in [-0.05, 0) is 35.9 Å². The Morgan fingerprint density at radius 3 is 2.34 bits per heavy atom. The first-order valence-electron chi connectivity index (χ1n) is 9.30. The number of oxazole rings is 1. The third-order valence-electron chi connectivity index (χ3n) is 4.37. The van der Waals surface area contributed by atoms with Gasteiger partial charge in [0.15, 0.2) is 17.7 Å². The zero-order valence-electron chi connectivity index (χ0n) is 17.4. The minimum absolute atomic E-state index is 0.102. The smallest absolute Gasteiger partial charge is 0.416 e. The second-order valence-corrected chi connectivity index (χ2v) is 8.93. The van der Waals surface area contributed by atoms with Gasteiger partial charge in [0.25, 0.3) is 16.0 Å². The minimum atomic E-state index is -4.58. The maximum atomic E-state index is 14.6. The molecule has 0 saturated heterocycles. The number of amides is 1. The van der Waals surface area contributed by atoms with Gasteiger partial charge in [0.05, 0.1) is 11.8 Å². The van der Waals surface area contributed by atoms with Gasteiger partial charge in [-0.1, -0.05) is 12.1 Å². The molecule has 0 bridgehead atoms. The molecule has 188 valence electrons. The maximum Gasteiger partial charge on any atom is 0.416 e. The van der Waals surface area contributed by atoms with Crippen LogP contribution in [0.2, 0.25) is 5.22 Å². The number of primary amides is 1. The lowest BCUT2D eigenvalue weighted by Crippen LogP contribution is -2.20. The highest BCUT2D eigenvalue weighted by atomic mass is 35.5. The Morgan fingerprint density at radius 1 is 1.17 bits per heavy atom. The van der Waals surface area contributed by atoms with Crippen molar-refractivity contribution < 1.29 is 48.5 Å². The molecule has 0 fully saturated rings. The Labute approximate surface area is 199 Å². The van der Waals surface area contributed by atoms with Gasteiger partial charge in [-0.15, -0.1) is 0 Å². The summed E-state index contributed by atoms with van der Waals surface area (Å²) in [5.41, 5.74) is 2.89. The van der Waals surface area contributed by atoms with Crippen LogP contribution in [-0.2, 0) is 20.5 Å². The summed E-state index contributed by atoms with van der Waals surface area (Å²) in [6.45, 7) is -0.829. The fraction of sp³-hybridized carbons (Fsp3) is 0.200. The van der Waals surface area contributed by atoms with E-state index < -0.39 is 74.5 Å². The first kappa shape index (κ1) is 26.4. The summed E-state index contributed by atoms with van der Waals surface area (Å²) in [7, 11) is -4.05. The number of benzene rings is 2. The monoisotopic (exact) mass is 540 g/mol. The molecule has 0 aliphatic carbocycles. The number of nitrogens with zero attached hydrogens (tertiary/aromatic N) is 1. The number of nitrogens with two attached hydrogens (primary N) is 1. The number of hydrogen-bond donors (Lipinski definition) is 1. The van der Waals surface area contributed by atoms with Crippen LogP contribution in [-0.4, -0.2) is 32.2 Å². The maximum absolute atomic E-state index is 14.6. The number of alkyl halides is 3. The van der Waals surface area contributed by atoms with Crippen LogP contribution < -0.4 is 10.5 Å². The normalized spacial score (nSPS) is 13.0. The molecule has 1 atom stereocenters. The fourth-order valence-corrected chi connectivity index (χ4v) is 3.40. The number of hydrogen-bond acceptors (Lipinski definition) is 7. The summed E-state index contributed by atoms with van der Waals surface area (Å²) in [5.74, 6) is -5.37. The van der Waals surface area contributed by atoms with E-state index in [0.717, 1.165) is 30.3 Å². The van der Waals surface area contributed by atoms with Crippen molar-refractivity contribution >= 4 is 27.6 Å². The van der Waals surface area contributed by atoms with Gasteiger partial charge in [0.1, 0.15) is 23.7 Å². The van der Waals surface area contributed by atoms with E-state index in [1.165, 1.54) is 0 Å². The van der Waals surface area contributed by atoms with E-state index in [2.05, 4.69) is 9.17 Å². The number of ether oxygens (including phenoxy) is 1. The third-order valence-corrected chi connectivity index (χ3v) is 5.19. The molecular formula is C20H14ClF5N2O6S. The topological polar surface area (TPSA) is 122 Å². The van der Waals surface area contributed by atoms with Crippen LogP contribution >= 0.6 is 11.6 Å². The van der Waals surface area contributed by atoms with Gasteiger partial charge in [-0.25, -0.2) is 13.8 Å². The van der Waals surface area contributed by atoms with Crippen LogP contribution in [0.3, 0.4) is 0 Å². The molecule has 3 rings (SSSR count). The molecule has 1 amide bonds. The third kappa shape index (κ3) is 6.26. The molecule has 3 aromatic rings. The summed E-state index contributed by atoms with van der Waals surface area (Å²) in [4.78, 5) is 15.4. The van der Waals surface area contributed by atoms with Crippen LogP contribution in [0.4, 0.5) is 22.0 Å². The van der Waals surface area contributed by atoms with E-state index in [1.54, 1.807) is 0 Å². The lowest BCUT2D eigenvalue weighted by molar-refractivity contribution is -0.137. The van der Waals surface area contributed by atoms with Gasteiger partial charge < -0.3 is 14.9 Å². The first-order chi connectivity index (χ1) is 16.2. The van der Waals surface area contributed by atoms with Crippen LogP contribution in [0.15, 0.2) is 40.8 Å². The summed E-state index contributed by atoms with van der Waals surface area (Å²) in [5, 5.41) is -0.412. The zero-order chi connectivity index (χ0) is 26.1. The molecule has 8 nitrogen and oxygen atoms in total. The average Bonchev–Trinajstić information content (AvgIpc) is 3.12. The SMILES string of the molecule is CS(=O)(=O)OCC(Oc1ccc(F)c(C(N)=O)c1F)c1nc(-c2ccc(C(F)(F)F)cc2)c(Cl)o1. The second kappa shape index (κ2) is 9.79. The van der Waals surface area contributed by atoms with Crippen molar-refractivity contribution in [3.05, 3.63) is 70.3 Å². The molecule has 35 heavy (non-hydrogen) atoms. The van der Waals surface area contributed by atoms with E-state index in [0.29, 0.717) is 12.3 Å². The van der Waals surface area contributed by atoms with Crippen LogP contribution in [0.5, 0.6) is 5.75 Å². The molecule has 0 aliphatic rings. The first-order valence-corrected chi connectivity index (χ1v) is 11.5. The quantitative estimate of drug-likeness (QED) is 0.330. The number of carbonyl (C=O) groups excluding carboxylic acids is 1. The molecule has 1 aromatic heterocycles. The Morgan fingerprint density at radius 2 is 1.80 bits per heavy atom. The largest absolute Gasteiger partial charge is 0.475 e. The highest BCUT2D eigenvalue weighted by Crippen LogP contribution is 2.35. The van der Waals surface area contributed by atoms with Gasteiger partial charge >= 0.3 is 6.18 Å². The molecule has 0 aliphatic heterocycles. The van der Waals surface area contributed by atoms with Crippen LogP contribution in [0, 0.1) is 11.6 Å². The average molecular weight is 541 g/mol. The Hall–Kier alpha value is -3.23. The fourth-order valence-electron chi connectivity index (χ4n) is 2.79. The minimum Gasteiger partial charge on any atom is -0.475 e. The molecule has 0 radical (unpaired) electrons. The Balaban J connectivity index is 2.00. The van der Waals surface area contributed by atoms with Gasteiger partial charge in [-0.2, -0.15) is 21.6 Å². The second-order valence-electron chi connectivity index (χ2n) is 6.94. The van der Waals surface area contributed by atoms with Crippen molar-refractivity contribution in [2.24, 2.45) is 5.73 Å². The Kier molecular flexibility index (Phi) is 7.38.